The maximum absolute atomic E-state index is 5.43. The van der Waals surface area contributed by atoms with Crippen LogP contribution in [0.2, 0.25) is 0 Å². The largest absolute Gasteiger partial charge is 0.496 e. The van der Waals surface area contributed by atoms with E-state index >= 15 is 0 Å². The summed E-state index contributed by atoms with van der Waals surface area (Å²) in [5, 5.41) is 14.8. The first-order valence-electron chi connectivity index (χ1n) is 8.55. The summed E-state index contributed by atoms with van der Waals surface area (Å²) in [5.41, 5.74) is 2.42. The summed E-state index contributed by atoms with van der Waals surface area (Å²) >= 11 is 0. The van der Waals surface area contributed by atoms with Crippen molar-refractivity contribution in [1.29, 1.82) is 0 Å². The highest BCUT2D eigenvalue weighted by molar-refractivity contribution is 14.0. The molecule has 7 nitrogen and oxygen atoms in total. The number of aromatic nitrogens is 3. The standard InChI is InChI=1S/C18H28N6O.HI/c1-6-19-18(21-12-17-23-22-14(3)24(17)4)20-10-9-15-11-13(2)7-8-16(15)25-5;/h7-8,11H,6,9-10,12H2,1-5H3,(H2,19,20,21);1H. The Morgan fingerprint density at radius 3 is 2.62 bits per heavy atom. The first-order chi connectivity index (χ1) is 12.0. The third-order valence-corrected chi connectivity index (χ3v) is 4.03. The molecule has 2 aromatic rings. The molecule has 0 spiro atoms. The number of guanidine groups is 1. The van der Waals surface area contributed by atoms with Crippen molar-refractivity contribution in [3.05, 3.63) is 41.0 Å². The van der Waals surface area contributed by atoms with Gasteiger partial charge in [0.05, 0.1) is 7.11 Å². The molecule has 0 atom stereocenters. The zero-order chi connectivity index (χ0) is 18.2. The molecule has 2 N–H and O–H groups in total. The Hall–Kier alpha value is -1.84. The van der Waals surface area contributed by atoms with Gasteiger partial charge in [0, 0.05) is 20.1 Å². The van der Waals surface area contributed by atoms with Crippen molar-refractivity contribution < 1.29 is 4.74 Å². The van der Waals surface area contributed by atoms with E-state index in [1.54, 1.807) is 7.11 Å². The lowest BCUT2D eigenvalue weighted by Gasteiger charge is -2.13. The van der Waals surface area contributed by atoms with Gasteiger partial charge < -0.3 is 19.9 Å². The van der Waals surface area contributed by atoms with E-state index in [0.717, 1.165) is 42.9 Å². The van der Waals surface area contributed by atoms with Crippen LogP contribution >= 0.6 is 24.0 Å². The van der Waals surface area contributed by atoms with E-state index in [9.17, 15) is 0 Å². The van der Waals surface area contributed by atoms with Gasteiger partial charge in [-0.05, 0) is 38.8 Å². The molecule has 0 aliphatic carbocycles. The van der Waals surface area contributed by atoms with Crippen LogP contribution < -0.4 is 15.4 Å². The minimum atomic E-state index is 0. The second-order valence-corrected chi connectivity index (χ2v) is 5.91. The normalized spacial score (nSPS) is 11.0. The molecule has 0 amide bonds. The number of benzene rings is 1. The molecule has 0 unspecified atom stereocenters. The van der Waals surface area contributed by atoms with E-state index in [-0.39, 0.29) is 24.0 Å². The summed E-state index contributed by atoms with van der Waals surface area (Å²) in [4.78, 5) is 4.59. The minimum Gasteiger partial charge on any atom is -0.496 e. The van der Waals surface area contributed by atoms with Crippen LogP contribution in [0.15, 0.2) is 23.2 Å². The fourth-order valence-corrected chi connectivity index (χ4v) is 2.50. The Labute approximate surface area is 172 Å². The molecule has 0 radical (unpaired) electrons. The van der Waals surface area contributed by atoms with Gasteiger partial charge in [0.1, 0.15) is 18.1 Å². The Morgan fingerprint density at radius 1 is 1.23 bits per heavy atom. The number of nitrogens with one attached hydrogen (secondary N) is 2. The van der Waals surface area contributed by atoms with E-state index in [4.69, 9.17) is 4.74 Å². The quantitative estimate of drug-likeness (QED) is 0.368. The van der Waals surface area contributed by atoms with Crippen LogP contribution in [0.4, 0.5) is 0 Å². The fourth-order valence-electron chi connectivity index (χ4n) is 2.50. The second-order valence-electron chi connectivity index (χ2n) is 5.91. The molecule has 0 bridgehead atoms. The van der Waals surface area contributed by atoms with Gasteiger partial charge in [-0.25, -0.2) is 4.99 Å². The van der Waals surface area contributed by atoms with Crippen LogP contribution in [0.25, 0.3) is 0 Å². The molecule has 0 fully saturated rings. The fraction of sp³-hybridized carbons (Fsp3) is 0.500. The Kier molecular flexibility index (Phi) is 9.39. The monoisotopic (exact) mass is 472 g/mol. The molecular weight excluding hydrogens is 443 g/mol. The summed E-state index contributed by atoms with van der Waals surface area (Å²) in [7, 11) is 3.65. The lowest BCUT2D eigenvalue weighted by Crippen LogP contribution is -2.38. The maximum Gasteiger partial charge on any atom is 0.191 e. The molecule has 144 valence electrons. The van der Waals surface area contributed by atoms with Crippen LogP contribution in [-0.2, 0) is 20.0 Å². The van der Waals surface area contributed by atoms with E-state index in [1.165, 1.54) is 11.1 Å². The van der Waals surface area contributed by atoms with Crippen molar-refractivity contribution in [3.63, 3.8) is 0 Å². The molecule has 1 heterocycles. The average molecular weight is 472 g/mol. The van der Waals surface area contributed by atoms with E-state index < -0.39 is 0 Å². The van der Waals surface area contributed by atoms with Crippen LogP contribution in [0.1, 0.15) is 29.7 Å². The zero-order valence-electron chi connectivity index (χ0n) is 16.2. The number of methoxy groups -OCH3 is 1. The Balaban J connectivity index is 0.00000338. The topological polar surface area (TPSA) is 76.4 Å². The molecule has 0 saturated heterocycles. The highest BCUT2D eigenvalue weighted by atomic mass is 127. The highest BCUT2D eigenvalue weighted by Gasteiger charge is 2.06. The van der Waals surface area contributed by atoms with Crippen molar-refractivity contribution in [2.24, 2.45) is 12.0 Å². The van der Waals surface area contributed by atoms with Crippen molar-refractivity contribution in [3.8, 4) is 5.75 Å². The number of aryl methyl sites for hydroxylation is 2. The zero-order valence-corrected chi connectivity index (χ0v) is 18.5. The van der Waals surface area contributed by atoms with E-state index in [2.05, 4.69) is 44.9 Å². The highest BCUT2D eigenvalue weighted by Crippen LogP contribution is 2.19. The molecule has 0 aliphatic heterocycles. The number of halogens is 1. The summed E-state index contributed by atoms with van der Waals surface area (Å²) in [5.74, 6) is 3.42. The minimum absolute atomic E-state index is 0. The van der Waals surface area contributed by atoms with Crippen LogP contribution in [0.5, 0.6) is 5.75 Å². The molecular formula is C18H29IN6O. The third-order valence-electron chi connectivity index (χ3n) is 4.03. The van der Waals surface area contributed by atoms with Gasteiger partial charge in [-0.2, -0.15) is 0 Å². The van der Waals surface area contributed by atoms with Gasteiger partial charge >= 0.3 is 0 Å². The first-order valence-corrected chi connectivity index (χ1v) is 8.55. The summed E-state index contributed by atoms with van der Waals surface area (Å²) in [6.45, 7) is 8.12. The van der Waals surface area contributed by atoms with Crippen LogP contribution in [0.3, 0.4) is 0 Å². The Morgan fingerprint density at radius 2 is 2.00 bits per heavy atom. The van der Waals surface area contributed by atoms with Crippen molar-refractivity contribution >= 4 is 29.9 Å². The smallest absolute Gasteiger partial charge is 0.191 e. The number of hydrogen-bond donors (Lipinski definition) is 2. The molecule has 0 aliphatic rings. The predicted molar refractivity (Wildman–Crippen MR) is 115 cm³/mol. The van der Waals surface area contributed by atoms with Crippen molar-refractivity contribution in [2.45, 2.75) is 33.7 Å². The molecule has 1 aromatic carbocycles. The molecule has 26 heavy (non-hydrogen) atoms. The Bertz CT molecular complexity index is 728. The summed E-state index contributed by atoms with van der Waals surface area (Å²) in [6.07, 6.45) is 0.859. The van der Waals surface area contributed by atoms with Gasteiger partial charge in [0.2, 0.25) is 0 Å². The molecule has 1 aromatic heterocycles. The number of hydrogen-bond acceptors (Lipinski definition) is 4. The predicted octanol–water partition coefficient (Wildman–Crippen LogP) is 2.36. The van der Waals surface area contributed by atoms with Gasteiger partial charge in [-0.3, -0.25) is 0 Å². The van der Waals surface area contributed by atoms with E-state index in [1.807, 2.05) is 31.5 Å². The first kappa shape index (κ1) is 22.2. The lowest BCUT2D eigenvalue weighted by atomic mass is 10.1. The van der Waals surface area contributed by atoms with Gasteiger partial charge in [-0.1, -0.05) is 17.7 Å². The third kappa shape index (κ3) is 6.15. The SMILES string of the molecule is CCNC(=NCc1nnc(C)n1C)NCCc1cc(C)ccc1OC.I. The van der Waals surface area contributed by atoms with Gasteiger partial charge in [0.15, 0.2) is 11.8 Å². The lowest BCUT2D eigenvalue weighted by molar-refractivity contribution is 0.409. The number of aliphatic imine (C=N–C) groups is 1. The molecule has 2 rings (SSSR count). The molecule has 0 saturated carbocycles. The van der Waals surface area contributed by atoms with Crippen LogP contribution in [-0.4, -0.2) is 40.9 Å². The molecule has 8 heteroatoms. The van der Waals surface area contributed by atoms with Gasteiger partial charge in [-0.15, -0.1) is 34.2 Å². The maximum atomic E-state index is 5.43. The van der Waals surface area contributed by atoms with Crippen LogP contribution in [0, 0.1) is 13.8 Å². The van der Waals surface area contributed by atoms with Crippen molar-refractivity contribution in [1.82, 2.24) is 25.4 Å². The summed E-state index contributed by atoms with van der Waals surface area (Å²) in [6, 6.07) is 6.23. The summed E-state index contributed by atoms with van der Waals surface area (Å²) < 4.78 is 7.38. The van der Waals surface area contributed by atoms with Crippen molar-refractivity contribution in [2.75, 3.05) is 20.2 Å². The van der Waals surface area contributed by atoms with Gasteiger partial charge in [0.25, 0.3) is 0 Å². The second kappa shape index (κ2) is 11.0. The number of rotatable bonds is 7. The van der Waals surface area contributed by atoms with E-state index in [0.29, 0.717) is 6.54 Å². The number of nitrogens with zero attached hydrogens (tertiary/aromatic N) is 4. The number of ether oxygens (including phenoxy) is 1. The average Bonchev–Trinajstić information content (AvgIpc) is 2.92.